The van der Waals surface area contributed by atoms with Gasteiger partial charge in [-0.1, -0.05) is 32.0 Å². The van der Waals surface area contributed by atoms with Crippen molar-refractivity contribution in [1.82, 2.24) is 5.32 Å². The van der Waals surface area contributed by atoms with E-state index in [4.69, 9.17) is 5.73 Å². The number of aryl methyl sites for hydroxylation is 2. The van der Waals surface area contributed by atoms with E-state index in [2.05, 4.69) is 23.5 Å². The molecule has 2 unspecified atom stereocenters. The van der Waals surface area contributed by atoms with Gasteiger partial charge in [-0.2, -0.15) is 0 Å². The van der Waals surface area contributed by atoms with Gasteiger partial charge in [0.15, 0.2) is 0 Å². The minimum absolute atomic E-state index is 0.0135. The number of nitrogens with one attached hydrogen (secondary N) is 1. The van der Waals surface area contributed by atoms with Crippen molar-refractivity contribution in [2.24, 2.45) is 11.7 Å². The third-order valence-corrected chi connectivity index (χ3v) is 4.25. The first-order chi connectivity index (χ1) is 9.49. The average Bonchev–Trinajstić information content (AvgIpc) is 2.45. The molecular formula is C17H26N2O. The fourth-order valence-electron chi connectivity index (χ4n) is 2.72. The Hall–Kier alpha value is -1.35. The zero-order valence-corrected chi connectivity index (χ0v) is 12.8. The molecule has 1 amide bonds. The summed E-state index contributed by atoms with van der Waals surface area (Å²) in [5.41, 5.74) is 9.98. The molecule has 1 aliphatic rings. The number of carbonyl (C=O) groups is 1. The SMILES string of the molecule is CC(NC(=O)C(N)C(C)C)c1ccc2c(c1)CCCC2. The highest BCUT2D eigenvalue weighted by Crippen LogP contribution is 2.24. The molecule has 1 aliphatic carbocycles. The molecule has 0 saturated carbocycles. The normalized spacial score (nSPS) is 17.4. The molecule has 0 aromatic heterocycles. The summed E-state index contributed by atoms with van der Waals surface area (Å²) in [7, 11) is 0. The zero-order chi connectivity index (χ0) is 14.7. The van der Waals surface area contributed by atoms with Crippen LogP contribution in [0, 0.1) is 5.92 Å². The number of hydrogen-bond donors (Lipinski definition) is 2. The van der Waals surface area contributed by atoms with Crippen molar-refractivity contribution in [2.45, 2.75) is 58.5 Å². The molecular weight excluding hydrogens is 248 g/mol. The monoisotopic (exact) mass is 274 g/mol. The molecule has 2 atom stereocenters. The van der Waals surface area contributed by atoms with Crippen LogP contribution in [0.1, 0.15) is 56.3 Å². The molecule has 0 spiro atoms. The maximum atomic E-state index is 12.0. The van der Waals surface area contributed by atoms with Gasteiger partial charge in [-0.05, 0) is 55.2 Å². The van der Waals surface area contributed by atoms with Gasteiger partial charge in [0.05, 0.1) is 12.1 Å². The molecule has 0 bridgehead atoms. The van der Waals surface area contributed by atoms with Crippen molar-refractivity contribution in [2.75, 3.05) is 0 Å². The maximum Gasteiger partial charge on any atom is 0.237 e. The summed E-state index contributed by atoms with van der Waals surface area (Å²) < 4.78 is 0. The van der Waals surface area contributed by atoms with Gasteiger partial charge < -0.3 is 11.1 Å². The van der Waals surface area contributed by atoms with Gasteiger partial charge in [0, 0.05) is 0 Å². The van der Waals surface area contributed by atoms with Crippen LogP contribution in [0.4, 0.5) is 0 Å². The van der Waals surface area contributed by atoms with Gasteiger partial charge >= 0.3 is 0 Å². The van der Waals surface area contributed by atoms with E-state index in [9.17, 15) is 4.79 Å². The summed E-state index contributed by atoms with van der Waals surface area (Å²) in [5.74, 6) is 0.0935. The highest BCUT2D eigenvalue weighted by atomic mass is 16.2. The Morgan fingerprint density at radius 2 is 1.80 bits per heavy atom. The molecule has 1 aromatic rings. The van der Waals surface area contributed by atoms with Gasteiger partial charge in [0.25, 0.3) is 0 Å². The second-order valence-electron chi connectivity index (χ2n) is 6.24. The lowest BCUT2D eigenvalue weighted by Gasteiger charge is -2.22. The molecule has 3 nitrogen and oxygen atoms in total. The van der Waals surface area contributed by atoms with E-state index in [1.807, 2.05) is 20.8 Å². The van der Waals surface area contributed by atoms with E-state index in [0.29, 0.717) is 0 Å². The van der Waals surface area contributed by atoms with Crippen molar-refractivity contribution >= 4 is 5.91 Å². The van der Waals surface area contributed by atoms with Crippen molar-refractivity contribution in [3.8, 4) is 0 Å². The van der Waals surface area contributed by atoms with Gasteiger partial charge in [0.1, 0.15) is 0 Å². The summed E-state index contributed by atoms with van der Waals surface area (Å²) in [6.45, 7) is 5.96. The molecule has 110 valence electrons. The predicted octanol–water partition coefficient (Wildman–Crippen LogP) is 2.73. The Morgan fingerprint density at radius 1 is 1.15 bits per heavy atom. The molecule has 0 aliphatic heterocycles. The second-order valence-corrected chi connectivity index (χ2v) is 6.24. The van der Waals surface area contributed by atoms with Crippen LogP contribution in [0.3, 0.4) is 0 Å². The van der Waals surface area contributed by atoms with Crippen LogP contribution in [0.25, 0.3) is 0 Å². The Labute approximate surface area is 121 Å². The lowest BCUT2D eigenvalue weighted by molar-refractivity contribution is -0.123. The smallest absolute Gasteiger partial charge is 0.237 e. The molecule has 2 rings (SSSR count). The lowest BCUT2D eigenvalue weighted by Crippen LogP contribution is -2.44. The largest absolute Gasteiger partial charge is 0.348 e. The summed E-state index contributed by atoms with van der Waals surface area (Å²) in [6, 6.07) is 6.18. The van der Waals surface area contributed by atoms with E-state index < -0.39 is 6.04 Å². The zero-order valence-electron chi connectivity index (χ0n) is 12.8. The van der Waals surface area contributed by atoms with Crippen LogP contribution in [0.2, 0.25) is 0 Å². The highest BCUT2D eigenvalue weighted by Gasteiger charge is 2.20. The van der Waals surface area contributed by atoms with Crippen LogP contribution in [-0.4, -0.2) is 11.9 Å². The van der Waals surface area contributed by atoms with Crippen LogP contribution in [0.15, 0.2) is 18.2 Å². The number of nitrogens with two attached hydrogens (primary N) is 1. The fourth-order valence-corrected chi connectivity index (χ4v) is 2.72. The molecule has 3 N–H and O–H groups in total. The minimum Gasteiger partial charge on any atom is -0.348 e. The van der Waals surface area contributed by atoms with Gasteiger partial charge in [-0.3, -0.25) is 4.79 Å². The summed E-state index contributed by atoms with van der Waals surface area (Å²) in [6.07, 6.45) is 4.92. The topological polar surface area (TPSA) is 55.1 Å². The van der Waals surface area contributed by atoms with Crippen molar-refractivity contribution in [1.29, 1.82) is 0 Å². The third-order valence-electron chi connectivity index (χ3n) is 4.25. The first-order valence-corrected chi connectivity index (χ1v) is 7.66. The fraction of sp³-hybridized carbons (Fsp3) is 0.588. The minimum atomic E-state index is -0.435. The average molecular weight is 274 g/mol. The number of carbonyl (C=O) groups excluding carboxylic acids is 1. The van der Waals surface area contributed by atoms with E-state index in [1.54, 1.807) is 0 Å². The first kappa shape index (κ1) is 15.0. The number of benzene rings is 1. The third kappa shape index (κ3) is 3.40. The van der Waals surface area contributed by atoms with E-state index in [1.165, 1.54) is 36.0 Å². The number of fused-ring (bicyclic) bond motifs is 1. The Balaban J connectivity index is 2.06. The summed E-state index contributed by atoms with van der Waals surface area (Å²) in [4.78, 5) is 12.0. The molecule has 0 radical (unpaired) electrons. The van der Waals surface area contributed by atoms with Crippen LogP contribution >= 0.6 is 0 Å². The summed E-state index contributed by atoms with van der Waals surface area (Å²) >= 11 is 0. The Bertz CT molecular complexity index is 482. The maximum absolute atomic E-state index is 12.0. The molecule has 0 fully saturated rings. The lowest BCUT2D eigenvalue weighted by atomic mass is 9.89. The predicted molar refractivity (Wildman–Crippen MR) is 82.5 cm³/mol. The number of rotatable bonds is 4. The first-order valence-electron chi connectivity index (χ1n) is 7.66. The second kappa shape index (κ2) is 6.40. The molecule has 20 heavy (non-hydrogen) atoms. The highest BCUT2D eigenvalue weighted by molar-refractivity contribution is 5.82. The Morgan fingerprint density at radius 3 is 2.45 bits per heavy atom. The van der Waals surface area contributed by atoms with Crippen LogP contribution in [0.5, 0.6) is 0 Å². The van der Waals surface area contributed by atoms with Gasteiger partial charge in [0.2, 0.25) is 5.91 Å². The van der Waals surface area contributed by atoms with E-state index in [-0.39, 0.29) is 17.9 Å². The number of hydrogen-bond acceptors (Lipinski definition) is 2. The quantitative estimate of drug-likeness (QED) is 0.887. The van der Waals surface area contributed by atoms with Crippen molar-refractivity contribution in [3.05, 3.63) is 34.9 Å². The van der Waals surface area contributed by atoms with Gasteiger partial charge in [-0.15, -0.1) is 0 Å². The van der Waals surface area contributed by atoms with Crippen molar-refractivity contribution < 1.29 is 4.79 Å². The standard InChI is InChI=1S/C17H26N2O/c1-11(2)16(18)17(20)19-12(3)14-9-8-13-6-4-5-7-15(13)10-14/h8-12,16H,4-7,18H2,1-3H3,(H,19,20). The van der Waals surface area contributed by atoms with Gasteiger partial charge in [-0.25, -0.2) is 0 Å². The molecule has 1 aromatic carbocycles. The summed E-state index contributed by atoms with van der Waals surface area (Å²) in [5, 5.41) is 3.02. The van der Waals surface area contributed by atoms with Crippen molar-refractivity contribution in [3.63, 3.8) is 0 Å². The molecule has 3 heteroatoms. The molecule has 0 saturated heterocycles. The van der Waals surface area contributed by atoms with Crippen LogP contribution in [-0.2, 0) is 17.6 Å². The van der Waals surface area contributed by atoms with E-state index in [0.717, 1.165) is 6.42 Å². The van der Waals surface area contributed by atoms with Crippen LogP contribution < -0.4 is 11.1 Å². The Kier molecular flexibility index (Phi) is 4.81. The van der Waals surface area contributed by atoms with E-state index >= 15 is 0 Å². The number of amides is 1. The molecule has 0 heterocycles.